The summed E-state index contributed by atoms with van der Waals surface area (Å²) >= 11 is 12.0. The lowest BCUT2D eigenvalue weighted by atomic mass is 10.0. The number of aliphatic carboxylic acids is 1. The van der Waals surface area contributed by atoms with E-state index < -0.39 is 17.9 Å². The van der Waals surface area contributed by atoms with E-state index in [2.05, 4.69) is 0 Å². The molecule has 0 aliphatic rings. The standard InChI is InChI=1S/C19H19Cl2NO3/c1-2-10-22(18(23)15-9-8-14(20)12-16(15)21)17(19(24)25)11-13-6-4-3-5-7-13/h3-9,12,17H,2,10-11H2,1H3,(H,24,25). The van der Waals surface area contributed by atoms with E-state index in [1.54, 1.807) is 6.07 Å². The average Bonchev–Trinajstić information content (AvgIpc) is 2.58. The molecule has 4 nitrogen and oxygen atoms in total. The predicted molar refractivity (Wildman–Crippen MR) is 99.4 cm³/mol. The number of hydrogen-bond donors (Lipinski definition) is 1. The first-order chi connectivity index (χ1) is 11.9. The number of carbonyl (C=O) groups excluding carboxylic acids is 1. The fourth-order valence-electron chi connectivity index (χ4n) is 2.63. The molecule has 0 saturated heterocycles. The highest BCUT2D eigenvalue weighted by Gasteiger charge is 2.30. The number of halogens is 2. The van der Waals surface area contributed by atoms with Crippen molar-refractivity contribution in [2.24, 2.45) is 0 Å². The lowest BCUT2D eigenvalue weighted by Crippen LogP contribution is -2.47. The van der Waals surface area contributed by atoms with Crippen LogP contribution in [0.3, 0.4) is 0 Å². The van der Waals surface area contributed by atoms with Gasteiger partial charge in [0.15, 0.2) is 0 Å². The third-order valence-corrected chi connectivity index (χ3v) is 4.37. The first-order valence-electron chi connectivity index (χ1n) is 7.96. The number of nitrogens with zero attached hydrogens (tertiary/aromatic N) is 1. The minimum absolute atomic E-state index is 0.211. The van der Waals surface area contributed by atoms with Crippen LogP contribution in [0, 0.1) is 0 Å². The Bertz CT molecular complexity index is 750. The maximum Gasteiger partial charge on any atom is 0.326 e. The Morgan fingerprint density at radius 1 is 1.12 bits per heavy atom. The number of rotatable bonds is 7. The summed E-state index contributed by atoms with van der Waals surface area (Å²) in [5.41, 5.74) is 1.10. The van der Waals surface area contributed by atoms with E-state index in [0.717, 1.165) is 5.56 Å². The maximum absolute atomic E-state index is 12.9. The van der Waals surface area contributed by atoms with Crippen LogP contribution in [0.1, 0.15) is 29.3 Å². The van der Waals surface area contributed by atoms with Crippen molar-refractivity contribution >= 4 is 35.1 Å². The van der Waals surface area contributed by atoms with Crippen LogP contribution in [0.5, 0.6) is 0 Å². The van der Waals surface area contributed by atoms with E-state index in [-0.39, 0.29) is 17.0 Å². The Labute approximate surface area is 157 Å². The van der Waals surface area contributed by atoms with Gasteiger partial charge in [0.1, 0.15) is 6.04 Å². The third kappa shape index (κ3) is 4.97. The fraction of sp³-hybridized carbons (Fsp3) is 0.263. The zero-order valence-electron chi connectivity index (χ0n) is 13.8. The highest BCUT2D eigenvalue weighted by Crippen LogP contribution is 2.24. The maximum atomic E-state index is 12.9. The second-order valence-corrected chi connectivity index (χ2v) is 6.51. The van der Waals surface area contributed by atoms with Crippen LogP contribution in [-0.2, 0) is 11.2 Å². The molecule has 0 heterocycles. The van der Waals surface area contributed by atoms with Gasteiger partial charge in [-0.1, -0.05) is 60.5 Å². The van der Waals surface area contributed by atoms with E-state index in [4.69, 9.17) is 23.2 Å². The van der Waals surface area contributed by atoms with Crippen LogP contribution >= 0.6 is 23.2 Å². The summed E-state index contributed by atoms with van der Waals surface area (Å²) < 4.78 is 0. The van der Waals surface area contributed by atoms with Gasteiger partial charge in [-0.2, -0.15) is 0 Å². The largest absolute Gasteiger partial charge is 0.480 e. The number of hydrogen-bond acceptors (Lipinski definition) is 2. The summed E-state index contributed by atoms with van der Waals surface area (Å²) in [6.45, 7) is 2.22. The molecule has 0 spiro atoms. The quantitative estimate of drug-likeness (QED) is 0.767. The molecule has 0 fully saturated rings. The molecule has 2 rings (SSSR count). The molecule has 6 heteroatoms. The Morgan fingerprint density at radius 3 is 2.36 bits per heavy atom. The Balaban J connectivity index is 2.35. The van der Waals surface area contributed by atoms with Crippen LogP contribution in [0.25, 0.3) is 0 Å². The normalized spacial score (nSPS) is 11.8. The van der Waals surface area contributed by atoms with Crippen LogP contribution < -0.4 is 0 Å². The van der Waals surface area contributed by atoms with Gasteiger partial charge in [-0.05, 0) is 30.2 Å². The van der Waals surface area contributed by atoms with Crippen molar-refractivity contribution in [1.29, 1.82) is 0 Å². The van der Waals surface area contributed by atoms with Crippen molar-refractivity contribution in [3.05, 3.63) is 69.7 Å². The van der Waals surface area contributed by atoms with E-state index in [0.29, 0.717) is 18.0 Å². The van der Waals surface area contributed by atoms with Gasteiger partial charge < -0.3 is 10.0 Å². The summed E-state index contributed by atoms with van der Waals surface area (Å²) in [4.78, 5) is 26.2. The van der Waals surface area contributed by atoms with Gasteiger partial charge in [0.25, 0.3) is 5.91 Å². The SMILES string of the molecule is CCCN(C(=O)c1ccc(Cl)cc1Cl)C(Cc1ccccc1)C(=O)O. The Hall–Kier alpha value is -2.04. The Morgan fingerprint density at radius 2 is 1.80 bits per heavy atom. The van der Waals surface area contributed by atoms with Crippen LogP contribution in [0.2, 0.25) is 10.0 Å². The van der Waals surface area contributed by atoms with Crippen LogP contribution in [-0.4, -0.2) is 34.5 Å². The number of carboxylic acid groups (broad SMARTS) is 1. The second-order valence-electron chi connectivity index (χ2n) is 5.67. The summed E-state index contributed by atoms with van der Waals surface area (Å²) in [5.74, 6) is -1.46. The van der Waals surface area contributed by atoms with Crippen LogP contribution in [0.15, 0.2) is 48.5 Å². The molecular weight excluding hydrogens is 361 g/mol. The number of carboxylic acids is 1. The average molecular weight is 380 g/mol. The number of amides is 1. The van der Waals surface area contributed by atoms with Gasteiger partial charge in [0.05, 0.1) is 10.6 Å². The topological polar surface area (TPSA) is 57.6 Å². The molecule has 0 radical (unpaired) electrons. The van der Waals surface area contributed by atoms with E-state index in [1.165, 1.54) is 17.0 Å². The van der Waals surface area contributed by atoms with Gasteiger partial charge in [0, 0.05) is 18.0 Å². The smallest absolute Gasteiger partial charge is 0.326 e. The summed E-state index contributed by atoms with van der Waals surface area (Å²) in [7, 11) is 0. The lowest BCUT2D eigenvalue weighted by Gasteiger charge is -2.29. The lowest BCUT2D eigenvalue weighted by molar-refractivity contribution is -0.142. The zero-order chi connectivity index (χ0) is 18.4. The fourth-order valence-corrected chi connectivity index (χ4v) is 3.11. The molecule has 2 aromatic carbocycles. The van der Waals surface area contributed by atoms with Crippen molar-refractivity contribution < 1.29 is 14.7 Å². The van der Waals surface area contributed by atoms with Gasteiger partial charge in [-0.3, -0.25) is 4.79 Å². The Kier molecular flexibility index (Phi) is 6.85. The first kappa shape index (κ1) is 19.3. The molecule has 1 N–H and O–H groups in total. The molecule has 0 aromatic heterocycles. The van der Waals surface area contributed by atoms with Gasteiger partial charge in [0.2, 0.25) is 0 Å². The molecular formula is C19H19Cl2NO3. The van der Waals surface area contributed by atoms with Crippen molar-refractivity contribution in [3.8, 4) is 0 Å². The highest BCUT2D eigenvalue weighted by atomic mass is 35.5. The third-order valence-electron chi connectivity index (χ3n) is 3.82. The van der Waals surface area contributed by atoms with Crippen molar-refractivity contribution in [1.82, 2.24) is 4.90 Å². The summed E-state index contributed by atoms with van der Waals surface area (Å²) in [6, 6.07) is 12.8. The van der Waals surface area contributed by atoms with Crippen molar-refractivity contribution in [2.45, 2.75) is 25.8 Å². The predicted octanol–water partition coefficient (Wildman–Crippen LogP) is 4.54. The highest BCUT2D eigenvalue weighted by molar-refractivity contribution is 6.36. The molecule has 2 aromatic rings. The molecule has 132 valence electrons. The monoisotopic (exact) mass is 379 g/mol. The minimum Gasteiger partial charge on any atom is -0.480 e. The first-order valence-corrected chi connectivity index (χ1v) is 8.72. The molecule has 0 aliphatic carbocycles. The molecule has 0 bridgehead atoms. The van der Waals surface area contributed by atoms with Gasteiger partial charge in [-0.25, -0.2) is 4.79 Å². The zero-order valence-corrected chi connectivity index (χ0v) is 15.3. The molecule has 0 aliphatic heterocycles. The number of benzene rings is 2. The minimum atomic E-state index is -1.05. The number of carbonyl (C=O) groups is 2. The molecule has 1 amide bonds. The molecule has 1 unspecified atom stereocenters. The molecule has 25 heavy (non-hydrogen) atoms. The second kappa shape index (κ2) is 8.88. The summed E-state index contributed by atoms with van der Waals surface area (Å²) in [5, 5.41) is 10.3. The van der Waals surface area contributed by atoms with Crippen molar-refractivity contribution in [3.63, 3.8) is 0 Å². The van der Waals surface area contributed by atoms with Gasteiger partial charge in [-0.15, -0.1) is 0 Å². The van der Waals surface area contributed by atoms with Gasteiger partial charge >= 0.3 is 5.97 Å². The molecule has 1 atom stereocenters. The summed E-state index contributed by atoms with van der Waals surface area (Å²) in [6.07, 6.45) is 0.864. The van der Waals surface area contributed by atoms with Crippen LogP contribution in [0.4, 0.5) is 0 Å². The van der Waals surface area contributed by atoms with E-state index >= 15 is 0 Å². The molecule has 0 saturated carbocycles. The van der Waals surface area contributed by atoms with E-state index in [1.807, 2.05) is 37.3 Å². The van der Waals surface area contributed by atoms with Crippen molar-refractivity contribution in [2.75, 3.05) is 6.54 Å². The van der Waals surface area contributed by atoms with E-state index in [9.17, 15) is 14.7 Å².